The summed E-state index contributed by atoms with van der Waals surface area (Å²) in [4.78, 5) is 31.8. The molecule has 37 heavy (non-hydrogen) atoms. The Bertz CT molecular complexity index is 1520. The summed E-state index contributed by atoms with van der Waals surface area (Å²) in [7, 11) is -4.12. The number of amides is 1. The molecule has 196 valence electrons. The van der Waals surface area contributed by atoms with Crippen molar-refractivity contribution in [3.05, 3.63) is 70.1 Å². The van der Waals surface area contributed by atoms with E-state index in [0.29, 0.717) is 6.54 Å². The molecule has 5 rings (SSSR count). The van der Waals surface area contributed by atoms with Crippen LogP contribution >= 0.6 is 0 Å². The Balaban J connectivity index is 1.36. The van der Waals surface area contributed by atoms with Crippen molar-refractivity contribution >= 4 is 21.9 Å². The van der Waals surface area contributed by atoms with Gasteiger partial charge in [0.25, 0.3) is 5.56 Å². The number of rotatable bonds is 4. The highest BCUT2D eigenvalue weighted by Gasteiger charge is 2.54. The third-order valence-electron chi connectivity index (χ3n) is 6.98. The summed E-state index contributed by atoms with van der Waals surface area (Å²) in [5.41, 5.74) is 1.02. The molecule has 2 fully saturated rings. The van der Waals surface area contributed by atoms with Crippen LogP contribution in [0.3, 0.4) is 0 Å². The fraction of sp³-hybridized carbons (Fsp3) is 0.444. The van der Waals surface area contributed by atoms with Crippen LogP contribution in [0.25, 0.3) is 5.65 Å². The number of ether oxygens (including phenoxy) is 1. The Kier molecular flexibility index (Phi) is 6.05. The van der Waals surface area contributed by atoms with Gasteiger partial charge in [-0.2, -0.15) is 13.4 Å². The minimum absolute atomic E-state index is 0.0119. The fourth-order valence-corrected chi connectivity index (χ4v) is 5.82. The molecule has 0 bridgehead atoms. The number of aryl methyl sites for hydroxylation is 1. The van der Waals surface area contributed by atoms with Gasteiger partial charge in [-0.25, -0.2) is 4.79 Å². The number of pyridine rings is 1. The molecule has 1 aliphatic carbocycles. The number of hydrogen-bond donors (Lipinski definition) is 0. The van der Waals surface area contributed by atoms with Crippen molar-refractivity contribution in [2.45, 2.75) is 75.3 Å². The van der Waals surface area contributed by atoms with Crippen LogP contribution in [-0.4, -0.2) is 46.5 Å². The second-order valence-electron chi connectivity index (χ2n) is 11.0. The van der Waals surface area contributed by atoms with Gasteiger partial charge in [0.15, 0.2) is 0 Å². The molecule has 2 aliphatic rings. The Morgan fingerprint density at radius 1 is 1.11 bits per heavy atom. The van der Waals surface area contributed by atoms with Crippen LogP contribution in [0.5, 0.6) is 5.88 Å². The largest absolute Gasteiger partial charge is 0.444 e. The summed E-state index contributed by atoms with van der Waals surface area (Å²) in [5, 5.41) is 0. The average molecular weight is 526 g/mol. The van der Waals surface area contributed by atoms with E-state index < -0.39 is 21.3 Å². The molecular weight excluding hydrogens is 494 g/mol. The van der Waals surface area contributed by atoms with Gasteiger partial charge in [-0.15, -0.1) is 0 Å². The Morgan fingerprint density at radius 3 is 2.46 bits per heavy atom. The van der Waals surface area contributed by atoms with Crippen molar-refractivity contribution in [2.75, 3.05) is 6.54 Å². The second-order valence-corrected chi connectivity index (χ2v) is 12.6. The lowest BCUT2D eigenvalue weighted by molar-refractivity contribution is 0.00370. The lowest BCUT2D eigenvalue weighted by Crippen LogP contribution is -2.49. The molecule has 9 nitrogen and oxygen atoms in total. The van der Waals surface area contributed by atoms with E-state index in [-0.39, 0.29) is 34.0 Å². The lowest BCUT2D eigenvalue weighted by Gasteiger charge is -2.40. The van der Waals surface area contributed by atoms with Crippen LogP contribution < -0.4 is 9.74 Å². The maximum Gasteiger partial charge on any atom is 0.410 e. The van der Waals surface area contributed by atoms with Gasteiger partial charge in [0.1, 0.15) is 16.1 Å². The first-order valence-corrected chi connectivity index (χ1v) is 13.8. The number of nitrogens with zero attached hydrogens (tertiary/aromatic N) is 3. The van der Waals surface area contributed by atoms with Crippen molar-refractivity contribution in [1.29, 1.82) is 0 Å². The first-order chi connectivity index (χ1) is 17.4. The van der Waals surface area contributed by atoms with Crippen LogP contribution in [0.2, 0.25) is 0 Å². The minimum atomic E-state index is -4.12. The molecule has 0 radical (unpaired) electrons. The lowest BCUT2D eigenvalue weighted by atomic mass is 9.84. The summed E-state index contributed by atoms with van der Waals surface area (Å²) in [6, 6.07) is 10.9. The second kappa shape index (κ2) is 8.86. The quantitative estimate of drug-likeness (QED) is 0.464. The zero-order valence-electron chi connectivity index (χ0n) is 21.4. The highest BCUT2D eigenvalue weighted by molar-refractivity contribution is 7.87. The van der Waals surface area contributed by atoms with E-state index in [2.05, 4.69) is 4.98 Å². The van der Waals surface area contributed by atoms with Crippen LogP contribution in [0.15, 0.2) is 58.4 Å². The Morgan fingerprint density at radius 2 is 1.81 bits per heavy atom. The molecular formula is C27H31N3O6S. The molecule has 1 atom stereocenters. The van der Waals surface area contributed by atoms with Crippen LogP contribution in [0.4, 0.5) is 4.79 Å². The van der Waals surface area contributed by atoms with Gasteiger partial charge in [-0.05, 0) is 83.1 Å². The van der Waals surface area contributed by atoms with Gasteiger partial charge in [-0.3, -0.25) is 9.20 Å². The average Bonchev–Trinajstić information content (AvgIpc) is 3.56. The molecule has 0 N–H and O–H groups in total. The van der Waals surface area contributed by atoms with Crippen LogP contribution in [-0.2, 0) is 14.9 Å². The summed E-state index contributed by atoms with van der Waals surface area (Å²) in [6.07, 6.45) is 4.92. The number of aromatic nitrogens is 2. The van der Waals surface area contributed by atoms with Crippen molar-refractivity contribution in [3.8, 4) is 5.88 Å². The third-order valence-corrected chi connectivity index (χ3v) is 8.22. The Labute approximate surface area is 216 Å². The van der Waals surface area contributed by atoms with Crippen molar-refractivity contribution in [1.82, 2.24) is 14.3 Å². The molecule has 1 aliphatic heterocycles. The fourth-order valence-electron chi connectivity index (χ4n) is 4.94. The molecule has 3 aromatic rings. The maximum atomic E-state index is 12.9. The number of benzene rings is 1. The summed E-state index contributed by atoms with van der Waals surface area (Å²) < 4.78 is 37.5. The van der Waals surface area contributed by atoms with Crippen LogP contribution in [0.1, 0.15) is 63.5 Å². The summed E-state index contributed by atoms with van der Waals surface area (Å²) >= 11 is 0. The van der Waals surface area contributed by atoms with E-state index in [1.165, 1.54) is 16.5 Å². The molecule has 1 amide bonds. The number of likely N-dealkylation sites (tertiary alicyclic amines) is 1. The zero-order valence-corrected chi connectivity index (χ0v) is 22.2. The van der Waals surface area contributed by atoms with Crippen molar-refractivity contribution in [2.24, 2.45) is 0 Å². The molecule has 2 aromatic heterocycles. The van der Waals surface area contributed by atoms with Crippen molar-refractivity contribution in [3.63, 3.8) is 0 Å². The molecule has 1 saturated heterocycles. The van der Waals surface area contributed by atoms with E-state index in [9.17, 15) is 18.0 Å². The predicted octanol–water partition coefficient (Wildman–Crippen LogP) is 4.42. The van der Waals surface area contributed by atoms with E-state index in [4.69, 9.17) is 8.92 Å². The number of carbonyl (C=O) groups excluding carboxylic acids is 1. The Hall–Kier alpha value is -3.40. The van der Waals surface area contributed by atoms with E-state index >= 15 is 0 Å². The standard InChI is InChI=1S/C27H31N3O6S/c1-18-5-8-21(9-6-18)37(33,34)36-23-15-24(31)29-17-20(7-10-22(29)28-23)19-11-14-30(27(16-19)12-13-27)25(32)35-26(2,3)4/h5-10,15,17,19H,11-14,16H2,1-4H3. The first-order valence-electron chi connectivity index (χ1n) is 12.4. The van der Waals surface area contributed by atoms with Crippen LogP contribution in [0, 0.1) is 6.92 Å². The summed E-state index contributed by atoms with van der Waals surface area (Å²) in [6.45, 7) is 8.05. The smallest absolute Gasteiger partial charge is 0.410 e. The number of fused-ring (bicyclic) bond motifs is 1. The van der Waals surface area contributed by atoms with Gasteiger partial charge in [0.05, 0.1) is 6.07 Å². The van der Waals surface area contributed by atoms with Gasteiger partial charge < -0.3 is 13.8 Å². The number of carbonyl (C=O) groups is 1. The van der Waals surface area contributed by atoms with E-state index in [1.807, 2.05) is 38.7 Å². The monoisotopic (exact) mass is 525 g/mol. The zero-order chi connectivity index (χ0) is 26.6. The third kappa shape index (κ3) is 5.20. The molecule has 1 aromatic carbocycles. The minimum Gasteiger partial charge on any atom is -0.444 e. The van der Waals surface area contributed by atoms with Gasteiger partial charge in [0, 0.05) is 18.3 Å². The highest BCUT2D eigenvalue weighted by Crippen LogP contribution is 2.52. The number of piperidine rings is 1. The van der Waals surface area contributed by atoms with E-state index in [1.54, 1.807) is 24.4 Å². The predicted molar refractivity (Wildman–Crippen MR) is 137 cm³/mol. The van der Waals surface area contributed by atoms with Gasteiger partial charge in [-0.1, -0.05) is 23.8 Å². The topological polar surface area (TPSA) is 107 Å². The molecule has 10 heteroatoms. The van der Waals surface area contributed by atoms with Crippen molar-refractivity contribution < 1.29 is 22.1 Å². The highest BCUT2D eigenvalue weighted by atomic mass is 32.2. The molecule has 1 unspecified atom stereocenters. The summed E-state index contributed by atoms with van der Waals surface area (Å²) in [5.74, 6) is -0.101. The SMILES string of the molecule is Cc1ccc(S(=O)(=O)Oc2cc(=O)n3cc(C4CCN(C(=O)OC(C)(C)C)C5(CC5)C4)ccc3n2)cc1. The molecule has 3 heterocycles. The van der Waals surface area contributed by atoms with Gasteiger partial charge in [0.2, 0.25) is 5.88 Å². The molecule has 1 saturated carbocycles. The maximum absolute atomic E-state index is 12.9. The first kappa shape index (κ1) is 25.3. The van der Waals surface area contributed by atoms with Gasteiger partial charge >= 0.3 is 16.2 Å². The number of hydrogen-bond acceptors (Lipinski definition) is 7. The molecule has 1 spiro atoms. The van der Waals surface area contributed by atoms with E-state index in [0.717, 1.165) is 42.9 Å². The normalized spacial score (nSPS) is 19.1.